The minimum absolute atomic E-state index is 0.231. The summed E-state index contributed by atoms with van der Waals surface area (Å²) >= 11 is 0. The number of amides is 3. The molecule has 174 valence electrons. The fourth-order valence-corrected chi connectivity index (χ4v) is 4.12. The highest BCUT2D eigenvalue weighted by Crippen LogP contribution is 2.25. The van der Waals surface area contributed by atoms with Crippen molar-refractivity contribution in [3.8, 4) is 0 Å². The number of carbonyl (C=O) groups is 3. The van der Waals surface area contributed by atoms with Crippen LogP contribution in [0.1, 0.15) is 48.2 Å². The van der Waals surface area contributed by atoms with Gasteiger partial charge in [-0.2, -0.15) is 0 Å². The quantitative estimate of drug-likeness (QED) is 0.522. The molecule has 34 heavy (non-hydrogen) atoms. The van der Waals surface area contributed by atoms with E-state index in [1.807, 2.05) is 55.4 Å². The summed E-state index contributed by atoms with van der Waals surface area (Å²) in [5, 5.41) is 2.86. The van der Waals surface area contributed by atoms with Gasteiger partial charge in [-0.05, 0) is 62.0 Å². The molecule has 3 aromatic rings. The average Bonchev–Trinajstić information content (AvgIpc) is 3.07. The van der Waals surface area contributed by atoms with Gasteiger partial charge >= 0.3 is 0 Å². The fourth-order valence-electron chi connectivity index (χ4n) is 4.12. The smallest absolute Gasteiger partial charge is 0.261 e. The summed E-state index contributed by atoms with van der Waals surface area (Å²) in [5.74, 6) is -1.44. The fraction of sp³-hybridized carbons (Fsp3) is 0.222. The molecular formula is C27H26FN3O3. The van der Waals surface area contributed by atoms with Crippen molar-refractivity contribution in [2.24, 2.45) is 0 Å². The molecule has 1 N–H and O–H groups in total. The van der Waals surface area contributed by atoms with Crippen LogP contribution in [0.5, 0.6) is 0 Å². The molecule has 4 rings (SSSR count). The second-order valence-electron chi connectivity index (χ2n) is 8.50. The molecule has 1 aliphatic heterocycles. The lowest BCUT2D eigenvalue weighted by Crippen LogP contribution is -2.34. The predicted octanol–water partition coefficient (Wildman–Crippen LogP) is 3.70. The Morgan fingerprint density at radius 2 is 1.68 bits per heavy atom. The summed E-state index contributed by atoms with van der Waals surface area (Å²) < 4.78 is 13.7. The molecule has 0 radical (unpaired) electrons. The lowest BCUT2D eigenvalue weighted by molar-refractivity contribution is 0.0656. The monoisotopic (exact) mass is 459 g/mol. The van der Waals surface area contributed by atoms with Gasteiger partial charge in [0.1, 0.15) is 5.82 Å². The largest absolute Gasteiger partial charge is 0.350 e. The highest BCUT2D eigenvalue weighted by molar-refractivity contribution is 6.22. The normalized spacial score (nSPS) is 13.8. The van der Waals surface area contributed by atoms with E-state index in [9.17, 15) is 18.8 Å². The van der Waals surface area contributed by atoms with E-state index >= 15 is 0 Å². The molecule has 1 aliphatic rings. The van der Waals surface area contributed by atoms with E-state index in [-0.39, 0.29) is 42.3 Å². The van der Waals surface area contributed by atoms with E-state index < -0.39 is 5.91 Å². The highest BCUT2D eigenvalue weighted by atomic mass is 19.1. The Hall–Kier alpha value is -3.84. The molecular weight excluding hydrogens is 433 g/mol. The van der Waals surface area contributed by atoms with Crippen molar-refractivity contribution in [2.45, 2.75) is 12.5 Å². The molecule has 0 saturated heterocycles. The Kier molecular flexibility index (Phi) is 6.84. The third-order valence-electron chi connectivity index (χ3n) is 6.01. The highest BCUT2D eigenvalue weighted by Gasteiger charge is 2.35. The van der Waals surface area contributed by atoms with E-state index in [1.165, 1.54) is 29.2 Å². The van der Waals surface area contributed by atoms with Gasteiger partial charge in [0.25, 0.3) is 17.7 Å². The van der Waals surface area contributed by atoms with Gasteiger partial charge in [-0.1, -0.05) is 42.5 Å². The van der Waals surface area contributed by atoms with Crippen LogP contribution >= 0.6 is 0 Å². The number of nitrogens with one attached hydrogen (secondary N) is 1. The number of benzene rings is 3. The molecule has 6 nitrogen and oxygen atoms in total. The molecule has 7 heteroatoms. The first-order chi connectivity index (χ1) is 16.3. The number of fused-ring (bicyclic) bond motifs is 1. The number of hydrogen-bond donors (Lipinski definition) is 1. The van der Waals surface area contributed by atoms with Gasteiger partial charge in [0.2, 0.25) is 0 Å². The Labute approximate surface area is 198 Å². The lowest BCUT2D eigenvalue weighted by Gasteiger charge is -2.25. The second kappa shape index (κ2) is 9.97. The van der Waals surface area contributed by atoms with Crippen LogP contribution in [0.4, 0.5) is 4.39 Å². The number of halogens is 1. The Morgan fingerprint density at radius 1 is 0.941 bits per heavy atom. The van der Waals surface area contributed by atoms with Gasteiger partial charge in [0.05, 0.1) is 17.2 Å². The van der Waals surface area contributed by atoms with E-state index in [1.54, 1.807) is 12.1 Å². The molecule has 1 unspecified atom stereocenters. The zero-order chi connectivity index (χ0) is 24.2. The van der Waals surface area contributed by atoms with Crippen LogP contribution in [0.25, 0.3) is 0 Å². The molecule has 1 heterocycles. The summed E-state index contributed by atoms with van der Waals surface area (Å²) in [6, 6.07) is 20.2. The van der Waals surface area contributed by atoms with Gasteiger partial charge in [0.15, 0.2) is 0 Å². The Bertz CT molecular complexity index is 1230. The van der Waals surface area contributed by atoms with Crippen molar-refractivity contribution < 1.29 is 18.8 Å². The van der Waals surface area contributed by atoms with Gasteiger partial charge in [0, 0.05) is 18.7 Å². The van der Waals surface area contributed by atoms with Crippen molar-refractivity contribution >= 4 is 17.7 Å². The van der Waals surface area contributed by atoms with Gasteiger partial charge in [-0.3, -0.25) is 19.3 Å². The maximum Gasteiger partial charge on any atom is 0.261 e. The molecule has 0 aromatic heterocycles. The van der Waals surface area contributed by atoms with Crippen LogP contribution in [0, 0.1) is 5.82 Å². The average molecular weight is 460 g/mol. The first-order valence-electron chi connectivity index (χ1n) is 11.1. The number of imide groups is 1. The van der Waals surface area contributed by atoms with Crippen molar-refractivity contribution in [1.29, 1.82) is 0 Å². The third-order valence-corrected chi connectivity index (χ3v) is 6.01. The molecule has 3 aromatic carbocycles. The Balaban J connectivity index is 1.44. The molecule has 0 bridgehead atoms. The van der Waals surface area contributed by atoms with Crippen LogP contribution in [-0.2, 0) is 6.42 Å². The van der Waals surface area contributed by atoms with Crippen LogP contribution in [0.2, 0.25) is 0 Å². The predicted molar refractivity (Wildman–Crippen MR) is 127 cm³/mol. The van der Waals surface area contributed by atoms with Crippen LogP contribution < -0.4 is 5.32 Å². The summed E-state index contributed by atoms with van der Waals surface area (Å²) in [6.45, 7) is 0.526. The second-order valence-corrected chi connectivity index (χ2v) is 8.50. The van der Waals surface area contributed by atoms with Crippen LogP contribution in [0.15, 0.2) is 72.8 Å². The van der Waals surface area contributed by atoms with Gasteiger partial charge in [-0.25, -0.2) is 4.39 Å². The van der Waals surface area contributed by atoms with E-state index in [0.29, 0.717) is 17.5 Å². The van der Waals surface area contributed by atoms with Gasteiger partial charge < -0.3 is 10.2 Å². The summed E-state index contributed by atoms with van der Waals surface area (Å²) in [5.41, 5.74) is 2.61. The van der Waals surface area contributed by atoms with Crippen molar-refractivity contribution in [3.05, 3.63) is 106 Å². The standard InChI is InChI=1S/C27H26FN3O3/c1-30(2)24(19-9-6-10-21(28)15-19)17-29-25(32)20-11-12-22-23(16-20)27(34)31(26(22)33)14-13-18-7-4-3-5-8-18/h3-12,15-16,24H,13-14,17H2,1-2H3,(H,29,32). The molecule has 0 saturated carbocycles. The van der Waals surface area contributed by atoms with Crippen LogP contribution in [0.3, 0.4) is 0 Å². The molecule has 0 aliphatic carbocycles. The number of rotatable bonds is 8. The maximum absolute atomic E-state index is 13.7. The maximum atomic E-state index is 13.7. The summed E-state index contributed by atoms with van der Waals surface area (Å²) in [7, 11) is 3.71. The van der Waals surface area contributed by atoms with Gasteiger partial charge in [-0.15, -0.1) is 0 Å². The number of hydrogen-bond acceptors (Lipinski definition) is 4. The molecule has 1 atom stereocenters. The first-order valence-corrected chi connectivity index (χ1v) is 11.1. The third kappa shape index (κ3) is 4.89. The number of likely N-dealkylation sites (N-methyl/N-ethyl adjacent to an activating group) is 1. The zero-order valence-corrected chi connectivity index (χ0v) is 19.1. The van der Waals surface area contributed by atoms with E-state index in [2.05, 4.69) is 5.32 Å². The number of nitrogens with zero attached hydrogens (tertiary/aromatic N) is 2. The molecule has 0 fully saturated rings. The van der Waals surface area contributed by atoms with Crippen LogP contribution in [-0.4, -0.2) is 54.7 Å². The minimum atomic E-state index is -0.392. The summed E-state index contributed by atoms with van der Waals surface area (Å²) in [4.78, 5) is 41.6. The topological polar surface area (TPSA) is 69.7 Å². The first kappa shape index (κ1) is 23.3. The van der Waals surface area contributed by atoms with E-state index in [4.69, 9.17) is 0 Å². The SMILES string of the molecule is CN(C)C(CNC(=O)c1ccc2c(c1)C(=O)N(CCc1ccccc1)C2=O)c1cccc(F)c1. The van der Waals surface area contributed by atoms with Crippen molar-refractivity contribution in [1.82, 2.24) is 15.1 Å². The van der Waals surface area contributed by atoms with Crippen molar-refractivity contribution in [2.75, 3.05) is 27.2 Å². The molecule has 3 amide bonds. The van der Waals surface area contributed by atoms with E-state index in [0.717, 1.165) is 11.1 Å². The Morgan fingerprint density at radius 3 is 2.38 bits per heavy atom. The number of carbonyl (C=O) groups excluding carboxylic acids is 3. The summed E-state index contributed by atoms with van der Waals surface area (Å²) in [6.07, 6.45) is 0.561. The zero-order valence-electron chi connectivity index (χ0n) is 19.1. The van der Waals surface area contributed by atoms with Crippen molar-refractivity contribution in [3.63, 3.8) is 0 Å². The molecule has 0 spiro atoms. The minimum Gasteiger partial charge on any atom is -0.350 e. The lowest BCUT2D eigenvalue weighted by atomic mass is 10.0.